The van der Waals surface area contributed by atoms with Gasteiger partial charge in [-0.1, -0.05) is 56.0 Å². The van der Waals surface area contributed by atoms with Gasteiger partial charge in [0, 0.05) is 37.7 Å². The molecule has 0 bridgehead atoms. The lowest BCUT2D eigenvalue weighted by Crippen LogP contribution is -1.99. The van der Waals surface area contributed by atoms with Gasteiger partial charge in [-0.15, -0.1) is 0 Å². The fourth-order valence-electron chi connectivity index (χ4n) is 4.50. The van der Waals surface area contributed by atoms with Crippen LogP contribution in [0.1, 0.15) is 34.0 Å². The van der Waals surface area contributed by atoms with Gasteiger partial charge in [-0.05, 0) is 42.1 Å². The van der Waals surface area contributed by atoms with Crippen molar-refractivity contribution in [1.29, 1.82) is 0 Å². The second-order valence-electron chi connectivity index (χ2n) is 8.14. The number of furan rings is 1. The molecule has 1 aliphatic carbocycles. The molecule has 0 radical (unpaired) electrons. The Balaban J connectivity index is 1.46. The summed E-state index contributed by atoms with van der Waals surface area (Å²) in [5, 5.41) is 1.78. The quantitative estimate of drug-likeness (QED) is 0.327. The third kappa shape index (κ3) is 3.38. The summed E-state index contributed by atoms with van der Waals surface area (Å²) in [5.74, 6) is 0.0495. The maximum Gasteiger partial charge on any atom is 0.227 e. The number of nitrogens with zero attached hydrogens (tertiary/aromatic N) is 3. The molecule has 0 amide bonds. The van der Waals surface area contributed by atoms with Crippen LogP contribution >= 0.6 is 0 Å². The number of hydrogen-bond acceptors (Lipinski definition) is 4. The monoisotopic (exact) mass is 407 g/mol. The van der Waals surface area contributed by atoms with Gasteiger partial charge >= 0.3 is 0 Å². The lowest BCUT2D eigenvalue weighted by molar-refractivity contribution is 0.546. The molecule has 0 unspecified atom stereocenters. The van der Waals surface area contributed by atoms with E-state index in [0.29, 0.717) is 22.6 Å². The molecule has 0 N–H and O–H groups in total. The maximum absolute atomic E-state index is 8.77. The highest BCUT2D eigenvalue weighted by atomic mass is 16.3. The van der Waals surface area contributed by atoms with Gasteiger partial charge < -0.3 is 4.42 Å². The van der Waals surface area contributed by atoms with Crippen molar-refractivity contribution in [2.75, 3.05) is 0 Å². The molecule has 5 aromatic rings. The minimum absolute atomic E-state index is 0.0495. The first-order valence-corrected chi connectivity index (χ1v) is 10.8. The number of hydrogen-bond donors (Lipinski definition) is 0. The van der Waals surface area contributed by atoms with Crippen LogP contribution in [-0.4, -0.2) is 15.0 Å². The highest BCUT2D eigenvalue weighted by Crippen LogP contribution is 2.35. The van der Waals surface area contributed by atoms with E-state index in [1.807, 2.05) is 48.5 Å². The average Bonchev–Trinajstić information content (AvgIpc) is 3.53. The van der Waals surface area contributed by atoms with Gasteiger partial charge in [0.05, 0.1) is 17.0 Å². The molecule has 152 valence electrons. The molecule has 4 nitrogen and oxygen atoms in total. The first kappa shape index (κ1) is 16.2. The van der Waals surface area contributed by atoms with Crippen LogP contribution in [0.3, 0.4) is 0 Å². The minimum atomic E-state index is -1.38. The largest absolute Gasteiger partial charge is 0.437 e. The molecule has 1 fully saturated rings. The first-order chi connectivity index (χ1) is 16.1. The Morgan fingerprint density at radius 2 is 1.81 bits per heavy atom. The summed E-state index contributed by atoms with van der Waals surface area (Å²) >= 11 is 0. The lowest BCUT2D eigenvalue weighted by Gasteiger charge is -2.10. The van der Waals surface area contributed by atoms with Crippen molar-refractivity contribution < 1.29 is 7.16 Å². The van der Waals surface area contributed by atoms with Gasteiger partial charge in [0.1, 0.15) is 5.58 Å². The number of rotatable bonds is 4. The molecule has 0 atom stereocenters. The van der Waals surface area contributed by atoms with E-state index in [9.17, 15) is 0 Å². The molecule has 4 heteroatoms. The molecular weight excluding hydrogens is 382 g/mol. The fraction of sp³-hybridized carbons (Fsp3) is 0.222. The van der Waals surface area contributed by atoms with Crippen LogP contribution in [0.4, 0.5) is 0 Å². The zero-order valence-electron chi connectivity index (χ0n) is 19.1. The summed E-state index contributed by atoms with van der Waals surface area (Å²) in [6.07, 6.45) is 7.89. The Morgan fingerprint density at radius 1 is 0.935 bits per heavy atom. The molecule has 1 saturated carbocycles. The number of benzene rings is 1. The van der Waals surface area contributed by atoms with Gasteiger partial charge in [-0.3, -0.25) is 9.97 Å². The second kappa shape index (κ2) is 7.62. The van der Waals surface area contributed by atoms with E-state index in [2.05, 4.69) is 9.97 Å². The van der Waals surface area contributed by atoms with Crippen molar-refractivity contribution in [3.8, 4) is 22.5 Å². The Hall–Kier alpha value is -3.53. The summed E-state index contributed by atoms with van der Waals surface area (Å²) < 4.78 is 23.8. The summed E-state index contributed by atoms with van der Waals surface area (Å²) in [6, 6.07) is 17.7. The molecule has 1 aromatic carbocycles. The van der Waals surface area contributed by atoms with Crippen LogP contribution in [0.5, 0.6) is 0 Å². The average molecular weight is 408 g/mol. The number of pyridine rings is 3. The van der Waals surface area contributed by atoms with Gasteiger partial charge in [-0.2, -0.15) is 0 Å². The topological polar surface area (TPSA) is 51.8 Å². The zero-order valence-corrected chi connectivity index (χ0v) is 17.1. The molecule has 0 saturated heterocycles. The van der Waals surface area contributed by atoms with Crippen LogP contribution < -0.4 is 0 Å². The van der Waals surface area contributed by atoms with Gasteiger partial charge in [0.2, 0.25) is 5.71 Å². The van der Waals surface area contributed by atoms with E-state index in [4.69, 9.17) is 12.1 Å². The number of aromatic nitrogens is 3. The van der Waals surface area contributed by atoms with Crippen LogP contribution in [0.25, 0.3) is 44.6 Å². The highest BCUT2D eigenvalue weighted by molar-refractivity contribution is 6.08. The SMILES string of the molecule is [2H]C([2H])(c1ccnc(-c2cncc3c2oc2nc(-c4ccccc4)ccc23)c1)C1CCCC1. The van der Waals surface area contributed by atoms with Gasteiger partial charge in [-0.25, -0.2) is 4.98 Å². The summed E-state index contributed by atoms with van der Waals surface area (Å²) in [4.78, 5) is 13.7. The molecule has 0 aliphatic heterocycles. The van der Waals surface area contributed by atoms with Crippen LogP contribution in [0, 0.1) is 5.92 Å². The predicted molar refractivity (Wildman–Crippen MR) is 124 cm³/mol. The van der Waals surface area contributed by atoms with Crippen LogP contribution in [-0.2, 0) is 6.37 Å². The fourth-order valence-corrected chi connectivity index (χ4v) is 4.50. The highest BCUT2D eigenvalue weighted by Gasteiger charge is 2.18. The molecule has 1 aliphatic rings. The third-order valence-corrected chi connectivity index (χ3v) is 6.08. The van der Waals surface area contributed by atoms with Crippen LogP contribution in [0.15, 0.2) is 77.6 Å². The Labute approximate surface area is 183 Å². The van der Waals surface area contributed by atoms with Crippen molar-refractivity contribution in [2.45, 2.75) is 32.1 Å². The normalized spacial score (nSPS) is 16.0. The van der Waals surface area contributed by atoms with E-state index in [1.54, 1.807) is 24.7 Å². The Morgan fingerprint density at radius 3 is 2.68 bits per heavy atom. The molecular formula is C27H23N3O. The van der Waals surface area contributed by atoms with E-state index < -0.39 is 6.37 Å². The predicted octanol–water partition coefficient (Wildman–Crippen LogP) is 6.84. The Kier molecular flexibility index (Phi) is 3.98. The van der Waals surface area contributed by atoms with E-state index in [1.165, 1.54) is 0 Å². The van der Waals surface area contributed by atoms with Crippen molar-refractivity contribution in [2.24, 2.45) is 5.92 Å². The lowest BCUT2D eigenvalue weighted by atomic mass is 9.97. The van der Waals surface area contributed by atoms with E-state index >= 15 is 0 Å². The van der Waals surface area contributed by atoms with Gasteiger partial charge in [0.15, 0.2) is 0 Å². The van der Waals surface area contributed by atoms with Crippen LogP contribution in [0.2, 0.25) is 0 Å². The van der Waals surface area contributed by atoms with Crippen molar-refractivity contribution in [3.63, 3.8) is 0 Å². The first-order valence-electron chi connectivity index (χ1n) is 11.8. The maximum atomic E-state index is 8.77. The molecule has 0 spiro atoms. The standard InChI is InChI=1S/C27H23N3O/c1-2-8-20(9-3-1)24-11-10-21-22-16-28-17-23(26(22)31-27(21)30-24)25-15-19(12-13-29-25)14-18-6-4-5-7-18/h1-3,8-13,15-18H,4-7,14H2/i14D2. The number of fused-ring (bicyclic) bond motifs is 3. The Bertz CT molecular complexity index is 1460. The van der Waals surface area contributed by atoms with E-state index in [0.717, 1.165) is 53.3 Å². The molecule has 31 heavy (non-hydrogen) atoms. The minimum Gasteiger partial charge on any atom is -0.437 e. The van der Waals surface area contributed by atoms with Gasteiger partial charge in [0.25, 0.3) is 0 Å². The summed E-state index contributed by atoms with van der Waals surface area (Å²) in [5.41, 5.74) is 5.17. The molecule has 4 aromatic heterocycles. The molecule has 4 heterocycles. The molecule has 6 rings (SSSR count). The third-order valence-electron chi connectivity index (χ3n) is 6.08. The van der Waals surface area contributed by atoms with Crippen molar-refractivity contribution in [3.05, 3.63) is 78.8 Å². The summed E-state index contributed by atoms with van der Waals surface area (Å²) in [7, 11) is 0. The second-order valence-corrected chi connectivity index (χ2v) is 8.14. The zero-order chi connectivity index (χ0) is 22.4. The van der Waals surface area contributed by atoms with E-state index in [-0.39, 0.29) is 5.92 Å². The smallest absolute Gasteiger partial charge is 0.227 e. The summed E-state index contributed by atoms with van der Waals surface area (Å²) in [6.45, 7) is 0. The van der Waals surface area contributed by atoms with Crippen molar-refractivity contribution >= 4 is 22.1 Å². The van der Waals surface area contributed by atoms with Crippen molar-refractivity contribution in [1.82, 2.24) is 15.0 Å².